The number of anilines is 2. The molecular formula is C14H19N5O4. The van der Waals surface area contributed by atoms with Crippen LogP contribution in [0.5, 0.6) is 0 Å². The number of nitrogens with zero attached hydrogens (tertiary/aromatic N) is 4. The minimum Gasteiger partial charge on any atom is -0.395 e. The highest BCUT2D eigenvalue weighted by atomic mass is 16.6. The smallest absolute Gasteiger partial charge is 0.323 e. The zero-order chi connectivity index (χ0) is 16.4. The Bertz CT molecular complexity index is 709. The highest BCUT2D eigenvalue weighted by Crippen LogP contribution is 2.39. The third-order valence-electron chi connectivity index (χ3n) is 4.23. The molecule has 9 heteroatoms. The molecule has 0 amide bonds. The Labute approximate surface area is 132 Å². The van der Waals surface area contributed by atoms with Gasteiger partial charge in [-0.1, -0.05) is 6.92 Å². The van der Waals surface area contributed by atoms with Gasteiger partial charge in [-0.05, 0) is 35.1 Å². The first-order valence-electron chi connectivity index (χ1n) is 7.65. The molecule has 0 atom stereocenters. The Morgan fingerprint density at radius 1 is 1.43 bits per heavy atom. The molecule has 0 saturated carbocycles. The largest absolute Gasteiger partial charge is 0.395 e. The molecule has 1 fully saturated rings. The molecule has 0 spiro atoms. The molecule has 1 aliphatic rings. The van der Waals surface area contributed by atoms with E-state index in [1.165, 1.54) is 0 Å². The lowest BCUT2D eigenvalue weighted by molar-refractivity contribution is -0.382. The zero-order valence-corrected chi connectivity index (χ0v) is 12.9. The van der Waals surface area contributed by atoms with E-state index in [1.54, 1.807) is 6.07 Å². The molecule has 2 heterocycles. The number of nitro groups is 1. The Balaban J connectivity index is 2.08. The second-order valence-electron chi connectivity index (χ2n) is 5.83. The second kappa shape index (κ2) is 6.37. The number of nitro benzene ring substituents is 1. The second-order valence-corrected chi connectivity index (χ2v) is 5.83. The van der Waals surface area contributed by atoms with Crippen LogP contribution in [0.1, 0.15) is 19.8 Å². The molecule has 0 unspecified atom stereocenters. The van der Waals surface area contributed by atoms with Gasteiger partial charge in [-0.15, -0.1) is 0 Å². The number of piperidine rings is 1. The number of nitrogens with one attached hydrogen (secondary N) is 1. The first-order valence-corrected chi connectivity index (χ1v) is 7.65. The van der Waals surface area contributed by atoms with E-state index in [1.807, 2.05) is 0 Å². The molecule has 1 aliphatic heterocycles. The molecule has 0 bridgehead atoms. The van der Waals surface area contributed by atoms with Crippen molar-refractivity contribution in [1.82, 2.24) is 10.3 Å². The molecule has 2 N–H and O–H groups in total. The number of aliphatic hydroxyl groups is 1. The summed E-state index contributed by atoms with van der Waals surface area (Å²) in [6, 6.07) is 1.70. The van der Waals surface area contributed by atoms with Crippen molar-refractivity contribution in [2.24, 2.45) is 5.92 Å². The summed E-state index contributed by atoms with van der Waals surface area (Å²) in [4.78, 5) is 13.1. The van der Waals surface area contributed by atoms with E-state index >= 15 is 0 Å². The van der Waals surface area contributed by atoms with Gasteiger partial charge in [0, 0.05) is 19.6 Å². The number of fused-ring (bicyclic) bond motifs is 1. The number of hydrogen-bond acceptors (Lipinski definition) is 8. The van der Waals surface area contributed by atoms with Crippen molar-refractivity contribution in [3.05, 3.63) is 16.2 Å². The van der Waals surface area contributed by atoms with Crippen LogP contribution in [0.3, 0.4) is 0 Å². The molecule has 9 nitrogen and oxygen atoms in total. The van der Waals surface area contributed by atoms with Gasteiger partial charge in [-0.3, -0.25) is 10.1 Å². The molecular weight excluding hydrogens is 302 g/mol. The Morgan fingerprint density at radius 2 is 2.13 bits per heavy atom. The highest BCUT2D eigenvalue weighted by molar-refractivity contribution is 5.99. The molecule has 3 rings (SSSR count). The molecule has 1 aromatic carbocycles. The van der Waals surface area contributed by atoms with Gasteiger partial charge >= 0.3 is 5.69 Å². The van der Waals surface area contributed by atoms with E-state index in [9.17, 15) is 10.1 Å². The summed E-state index contributed by atoms with van der Waals surface area (Å²) >= 11 is 0. The lowest BCUT2D eigenvalue weighted by Gasteiger charge is -2.32. The minimum absolute atomic E-state index is 0.122. The molecule has 0 aliphatic carbocycles. The monoisotopic (exact) mass is 321 g/mol. The van der Waals surface area contributed by atoms with Gasteiger partial charge in [0.15, 0.2) is 5.52 Å². The predicted molar refractivity (Wildman–Crippen MR) is 84.6 cm³/mol. The van der Waals surface area contributed by atoms with Crippen LogP contribution >= 0.6 is 0 Å². The van der Waals surface area contributed by atoms with Crippen LogP contribution in [0, 0.1) is 16.0 Å². The third-order valence-corrected chi connectivity index (χ3v) is 4.23. The van der Waals surface area contributed by atoms with Gasteiger partial charge in [0.25, 0.3) is 0 Å². The Morgan fingerprint density at radius 3 is 2.78 bits per heavy atom. The van der Waals surface area contributed by atoms with E-state index < -0.39 is 4.92 Å². The lowest BCUT2D eigenvalue weighted by atomic mass is 9.98. The summed E-state index contributed by atoms with van der Waals surface area (Å²) in [5.41, 5.74) is 1.45. The average Bonchev–Trinajstić information content (AvgIpc) is 3.01. The first kappa shape index (κ1) is 15.5. The number of aromatic nitrogens is 2. The van der Waals surface area contributed by atoms with Crippen LogP contribution in [0.15, 0.2) is 10.7 Å². The summed E-state index contributed by atoms with van der Waals surface area (Å²) in [5.74, 6) is 0.669. The lowest BCUT2D eigenvalue weighted by Crippen LogP contribution is -2.33. The highest BCUT2D eigenvalue weighted by Gasteiger charge is 2.28. The summed E-state index contributed by atoms with van der Waals surface area (Å²) in [6.07, 6.45) is 2.12. The van der Waals surface area contributed by atoms with E-state index in [0.29, 0.717) is 17.1 Å². The molecule has 0 radical (unpaired) electrons. The van der Waals surface area contributed by atoms with Crippen molar-refractivity contribution in [3.8, 4) is 0 Å². The van der Waals surface area contributed by atoms with Crippen molar-refractivity contribution >= 4 is 28.1 Å². The van der Waals surface area contributed by atoms with Crippen molar-refractivity contribution in [2.75, 3.05) is 36.5 Å². The molecule has 23 heavy (non-hydrogen) atoms. The van der Waals surface area contributed by atoms with E-state index in [4.69, 9.17) is 9.74 Å². The van der Waals surface area contributed by atoms with Gasteiger partial charge in [-0.25, -0.2) is 4.63 Å². The number of rotatable bonds is 5. The maximum Gasteiger partial charge on any atom is 0.323 e. The van der Waals surface area contributed by atoms with E-state index in [2.05, 4.69) is 27.5 Å². The summed E-state index contributed by atoms with van der Waals surface area (Å²) in [5, 5.41) is 30.9. The van der Waals surface area contributed by atoms with Crippen LogP contribution in [0.25, 0.3) is 11.0 Å². The summed E-state index contributed by atoms with van der Waals surface area (Å²) in [7, 11) is 0. The van der Waals surface area contributed by atoms with Crippen LogP contribution in [-0.2, 0) is 0 Å². The normalized spacial score (nSPS) is 16.0. The van der Waals surface area contributed by atoms with Crippen molar-refractivity contribution in [3.63, 3.8) is 0 Å². The van der Waals surface area contributed by atoms with E-state index in [0.717, 1.165) is 31.6 Å². The fourth-order valence-electron chi connectivity index (χ4n) is 2.91. The van der Waals surface area contributed by atoms with Gasteiger partial charge < -0.3 is 15.3 Å². The average molecular weight is 321 g/mol. The third kappa shape index (κ3) is 2.91. The number of aliphatic hydroxyl groups excluding tert-OH is 1. The first-order chi connectivity index (χ1) is 11.1. The van der Waals surface area contributed by atoms with Crippen LogP contribution in [-0.4, -0.2) is 46.6 Å². The maximum atomic E-state index is 11.4. The fourth-order valence-corrected chi connectivity index (χ4v) is 2.91. The van der Waals surface area contributed by atoms with Gasteiger partial charge in [-0.2, -0.15) is 0 Å². The zero-order valence-electron chi connectivity index (χ0n) is 12.9. The van der Waals surface area contributed by atoms with Crippen molar-refractivity contribution < 1.29 is 14.7 Å². The standard InChI is InChI=1S/C14H19N5O4/c1-9-2-5-18(6-3-9)11-8-10(15-4-7-20)14(19(21)22)13-12(11)16-23-17-13/h8-9,15,20H,2-7H2,1H3. The molecule has 1 aromatic heterocycles. The summed E-state index contributed by atoms with van der Waals surface area (Å²) in [6.45, 7) is 4.03. The topological polar surface area (TPSA) is 118 Å². The van der Waals surface area contributed by atoms with Gasteiger partial charge in [0.05, 0.1) is 17.2 Å². The minimum atomic E-state index is -0.506. The number of benzene rings is 1. The Kier molecular flexibility index (Phi) is 4.28. The molecule has 2 aromatic rings. The maximum absolute atomic E-state index is 11.4. The van der Waals surface area contributed by atoms with E-state index in [-0.39, 0.29) is 24.4 Å². The predicted octanol–water partition coefficient (Wildman–Crippen LogP) is 1.77. The van der Waals surface area contributed by atoms with Gasteiger partial charge in [0.2, 0.25) is 5.52 Å². The Hall–Kier alpha value is -2.42. The quantitative estimate of drug-likeness (QED) is 0.632. The van der Waals surface area contributed by atoms with Crippen molar-refractivity contribution in [1.29, 1.82) is 0 Å². The van der Waals surface area contributed by atoms with Crippen LogP contribution in [0.4, 0.5) is 17.1 Å². The fraction of sp³-hybridized carbons (Fsp3) is 0.571. The van der Waals surface area contributed by atoms with Gasteiger partial charge in [0.1, 0.15) is 5.69 Å². The molecule has 1 saturated heterocycles. The summed E-state index contributed by atoms with van der Waals surface area (Å²) < 4.78 is 4.76. The number of hydrogen-bond donors (Lipinski definition) is 2. The van der Waals surface area contributed by atoms with Crippen molar-refractivity contribution in [2.45, 2.75) is 19.8 Å². The SMILES string of the molecule is CC1CCN(c2cc(NCCO)c([N+](=O)[O-])c3nonc23)CC1. The molecule has 124 valence electrons. The van der Waals surface area contributed by atoms with Crippen LogP contribution < -0.4 is 10.2 Å². The van der Waals surface area contributed by atoms with Crippen LogP contribution in [0.2, 0.25) is 0 Å².